The van der Waals surface area contributed by atoms with Crippen LogP contribution < -0.4 is 11.1 Å². The molecule has 1 fully saturated rings. The van der Waals surface area contributed by atoms with Crippen molar-refractivity contribution in [3.63, 3.8) is 0 Å². The van der Waals surface area contributed by atoms with Gasteiger partial charge in [-0.1, -0.05) is 25.8 Å². The molecule has 0 aromatic heterocycles. The molecule has 0 aliphatic heterocycles. The number of rotatable bonds is 2. The molecular formula is C14H21FN2. The monoisotopic (exact) mass is 236 g/mol. The van der Waals surface area contributed by atoms with E-state index in [0.717, 1.165) is 24.4 Å². The first kappa shape index (κ1) is 12.2. The van der Waals surface area contributed by atoms with Gasteiger partial charge in [-0.3, -0.25) is 0 Å². The molecule has 2 rings (SSSR count). The minimum absolute atomic E-state index is 0.241. The molecule has 1 aromatic carbocycles. The summed E-state index contributed by atoms with van der Waals surface area (Å²) in [5.41, 5.74) is 6.71. The van der Waals surface area contributed by atoms with Crippen LogP contribution in [0.1, 0.15) is 39.0 Å². The molecule has 3 N–H and O–H groups in total. The minimum Gasteiger partial charge on any atom is -0.395 e. The van der Waals surface area contributed by atoms with E-state index in [9.17, 15) is 4.39 Å². The van der Waals surface area contributed by atoms with Gasteiger partial charge in [0, 0.05) is 6.04 Å². The van der Waals surface area contributed by atoms with E-state index in [1.54, 1.807) is 6.07 Å². The second-order valence-corrected chi connectivity index (χ2v) is 5.16. The van der Waals surface area contributed by atoms with Crippen molar-refractivity contribution in [1.29, 1.82) is 0 Å². The molecule has 0 heterocycles. The van der Waals surface area contributed by atoms with Crippen LogP contribution in [0.15, 0.2) is 18.2 Å². The summed E-state index contributed by atoms with van der Waals surface area (Å²) in [4.78, 5) is 0. The van der Waals surface area contributed by atoms with Crippen LogP contribution in [0, 0.1) is 11.7 Å². The summed E-state index contributed by atoms with van der Waals surface area (Å²) in [7, 11) is 0. The molecule has 2 nitrogen and oxygen atoms in total. The quantitative estimate of drug-likeness (QED) is 0.605. The lowest BCUT2D eigenvalue weighted by molar-refractivity contribution is 0.502. The Labute approximate surface area is 102 Å². The predicted octanol–water partition coefficient (Wildman–Crippen LogP) is 3.79. The molecule has 2 unspecified atom stereocenters. The first-order valence-electron chi connectivity index (χ1n) is 6.47. The van der Waals surface area contributed by atoms with Crippen molar-refractivity contribution in [1.82, 2.24) is 0 Å². The molecule has 0 spiro atoms. The van der Waals surface area contributed by atoms with E-state index in [1.165, 1.54) is 25.3 Å². The summed E-state index contributed by atoms with van der Waals surface area (Å²) in [6.45, 7) is 2.30. The Hall–Kier alpha value is -1.25. The van der Waals surface area contributed by atoms with Gasteiger partial charge in [-0.25, -0.2) is 4.39 Å². The third-order valence-electron chi connectivity index (χ3n) is 3.67. The van der Waals surface area contributed by atoms with Crippen molar-refractivity contribution < 1.29 is 4.39 Å². The van der Waals surface area contributed by atoms with Crippen molar-refractivity contribution in [2.45, 2.75) is 45.1 Å². The van der Waals surface area contributed by atoms with E-state index >= 15 is 0 Å². The number of anilines is 2. The molecule has 1 aliphatic carbocycles. The highest BCUT2D eigenvalue weighted by atomic mass is 19.1. The summed E-state index contributed by atoms with van der Waals surface area (Å²) in [6, 6.07) is 5.39. The van der Waals surface area contributed by atoms with E-state index in [4.69, 9.17) is 5.73 Å². The first-order valence-corrected chi connectivity index (χ1v) is 6.47. The Morgan fingerprint density at radius 1 is 1.24 bits per heavy atom. The maximum absolute atomic E-state index is 13.3. The molecule has 3 heteroatoms. The fraction of sp³-hybridized carbons (Fsp3) is 0.571. The van der Waals surface area contributed by atoms with E-state index in [0.29, 0.717) is 6.04 Å². The summed E-state index contributed by atoms with van der Waals surface area (Å²) < 4.78 is 13.3. The number of nitrogen functional groups attached to an aromatic ring is 1. The largest absolute Gasteiger partial charge is 0.395 e. The second-order valence-electron chi connectivity index (χ2n) is 5.16. The number of para-hydroxylation sites is 1. The Bertz CT molecular complexity index is 378. The molecule has 94 valence electrons. The molecule has 0 saturated heterocycles. The Balaban J connectivity index is 2.02. The highest BCUT2D eigenvalue weighted by Crippen LogP contribution is 2.28. The SMILES string of the molecule is CC1CCCC(Nc2cccc(F)c2N)CC1. The standard InChI is InChI=1S/C14H21FN2/c1-10-4-2-5-11(9-8-10)17-13-7-3-6-12(15)14(13)16/h3,6-7,10-11,17H,2,4-5,8-9,16H2,1H3. The normalized spacial score (nSPS) is 25.3. The molecule has 1 aliphatic rings. The third kappa shape index (κ3) is 3.11. The van der Waals surface area contributed by atoms with Gasteiger partial charge in [-0.05, 0) is 37.3 Å². The summed E-state index contributed by atoms with van der Waals surface area (Å²) >= 11 is 0. The molecule has 0 bridgehead atoms. The van der Waals surface area contributed by atoms with Gasteiger partial charge in [-0.15, -0.1) is 0 Å². The van der Waals surface area contributed by atoms with Crippen LogP contribution >= 0.6 is 0 Å². The molecule has 0 amide bonds. The molecule has 0 radical (unpaired) electrons. The van der Waals surface area contributed by atoms with Gasteiger partial charge in [0.2, 0.25) is 0 Å². The van der Waals surface area contributed by atoms with Gasteiger partial charge in [0.15, 0.2) is 0 Å². The van der Waals surface area contributed by atoms with Crippen LogP contribution in [0.4, 0.5) is 15.8 Å². The van der Waals surface area contributed by atoms with Crippen LogP contribution in [-0.2, 0) is 0 Å². The Kier molecular flexibility index (Phi) is 3.87. The fourth-order valence-electron chi connectivity index (χ4n) is 2.51. The smallest absolute Gasteiger partial charge is 0.148 e. The summed E-state index contributed by atoms with van der Waals surface area (Å²) in [5, 5.41) is 3.39. The lowest BCUT2D eigenvalue weighted by Crippen LogP contribution is -2.19. The molecule has 17 heavy (non-hydrogen) atoms. The molecule has 1 saturated carbocycles. The molecule has 2 atom stereocenters. The van der Waals surface area contributed by atoms with E-state index < -0.39 is 0 Å². The van der Waals surface area contributed by atoms with Gasteiger partial charge in [0.05, 0.1) is 11.4 Å². The van der Waals surface area contributed by atoms with Gasteiger partial charge in [-0.2, -0.15) is 0 Å². The zero-order chi connectivity index (χ0) is 12.3. The maximum Gasteiger partial charge on any atom is 0.148 e. The minimum atomic E-state index is -0.336. The molecule has 1 aromatic rings. The van der Waals surface area contributed by atoms with Crippen LogP contribution in [0.5, 0.6) is 0 Å². The number of halogens is 1. The highest BCUT2D eigenvalue weighted by Gasteiger charge is 2.17. The zero-order valence-corrected chi connectivity index (χ0v) is 10.4. The first-order chi connectivity index (χ1) is 8.16. The van der Waals surface area contributed by atoms with Gasteiger partial charge in [0.1, 0.15) is 5.82 Å². The van der Waals surface area contributed by atoms with Gasteiger partial charge < -0.3 is 11.1 Å². The van der Waals surface area contributed by atoms with E-state index in [2.05, 4.69) is 12.2 Å². The Morgan fingerprint density at radius 3 is 2.88 bits per heavy atom. The fourth-order valence-corrected chi connectivity index (χ4v) is 2.51. The highest BCUT2D eigenvalue weighted by molar-refractivity contribution is 5.66. The average molecular weight is 236 g/mol. The van der Waals surface area contributed by atoms with Crippen molar-refractivity contribution in [2.75, 3.05) is 11.1 Å². The maximum atomic E-state index is 13.3. The molecular weight excluding hydrogens is 215 g/mol. The van der Waals surface area contributed by atoms with E-state index in [-0.39, 0.29) is 11.5 Å². The van der Waals surface area contributed by atoms with Crippen molar-refractivity contribution >= 4 is 11.4 Å². The number of hydrogen-bond donors (Lipinski definition) is 2. The van der Waals surface area contributed by atoms with Crippen molar-refractivity contribution in [3.8, 4) is 0 Å². The predicted molar refractivity (Wildman–Crippen MR) is 70.5 cm³/mol. The van der Waals surface area contributed by atoms with Crippen LogP contribution in [0.3, 0.4) is 0 Å². The van der Waals surface area contributed by atoms with Gasteiger partial charge in [0.25, 0.3) is 0 Å². The average Bonchev–Trinajstić information content (AvgIpc) is 2.50. The Morgan fingerprint density at radius 2 is 2.06 bits per heavy atom. The lowest BCUT2D eigenvalue weighted by atomic mass is 10.0. The summed E-state index contributed by atoms with van der Waals surface area (Å²) in [5.74, 6) is 0.476. The van der Waals surface area contributed by atoms with Crippen LogP contribution in [0.25, 0.3) is 0 Å². The van der Waals surface area contributed by atoms with E-state index in [1.807, 2.05) is 6.07 Å². The van der Waals surface area contributed by atoms with Gasteiger partial charge >= 0.3 is 0 Å². The van der Waals surface area contributed by atoms with Crippen molar-refractivity contribution in [3.05, 3.63) is 24.0 Å². The number of benzene rings is 1. The number of nitrogens with one attached hydrogen (secondary N) is 1. The van der Waals surface area contributed by atoms with Crippen LogP contribution in [-0.4, -0.2) is 6.04 Å². The number of nitrogens with two attached hydrogens (primary N) is 1. The number of hydrogen-bond acceptors (Lipinski definition) is 2. The second kappa shape index (κ2) is 5.39. The topological polar surface area (TPSA) is 38.0 Å². The summed E-state index contributed by atoms with van der Waals surface area (Å²) in [6.07, 6.45) is 6.09. The third-order valence-corrected chi connectivity index (χ3v) is 3.67. The lowest BCUT2D eigenvalue weighted by Gasteiger charge is -2.19. The van der Waals surface area contributed by atoms with Crippen molar-refractivity contribution in [2.24, 2.45) is 5.92 Å². The van der Waals surface area contributed by atoms with Crippen LogP contribution in [0.2, 0.25) is 0 Å². The zero-order valence-electron chi connectivity index (χ0n) is 10.4.